The Morgan fingerprint density at radius 2 is 2.17 bits per heavy atom. The van der Waals surface area contributed by atoms with E-state index in [2.05, 4.69) is 10.4 Å². The Labute approximate surface area is 139 Å². The summed E-state index contributed by atoms with van der Waals surface area (Å²) >= 11 is 0. The standard InChI is InChI=1S/C16H20N4O4/c1-10(2)12-9-13(11(3)8-14(12)21)17-16(22)5-7-19-6-4-15(18-19)20(23)24/h4,6,8-10,21H,5,7H2,1-3H3,(H,17,22). The third-order valence-corrected chi connectivity index (χ3v) is 3.65. The number of nitro groups is 1. The average Bonchev–Trinajstić information content (AvgIpc) is 2.96. The van der Waals surface area contributed by atoms with Gasteiger partial charge >= 0.3 is 5.82 Å². The normalized spacial score (nSPS) is 10.8. The minimum absolute atomic E-state index is 0.130. The Morgan fingerprint density at radius 1 is 1.46 bits per heavy atom. The number of carbonyl (C=O) groups is 1. The summed E-state index contributed by atoms with van der Waals surface area (Å²) in [4.78, 5) is 22.1. The zero-order valence-corrected chi connectivity index (χ0v) is 13.8. The fraction of sp³-hybridized carbons (Fsp3) is 0.375. The summed E-state index contributed by atoms with van der Waals surface area (Å²) < 4.78 is 1.36. The highest BCUT2D eigenvalue weighted by Gasteiger charge is 2.14. The largest absolute Gasteiger partial charge is 0.508 e. The molecule has 0 spiro atoms. The zero-order chi connectivity index (χ0) is 17.9. The van der Waals surface area contributed by atoms with Gasteiger partial charge in [0.15, 0.2) is 0 Å². The van der Waals surface area contributed by atoms with Crippen LogP contribution in [-0.4, -0.2) is 25.7 Å². The van der Waals surface area contributed by atoms with Gasteiger partial charge in [-0.3, -0.25) is 4.79 Å². The minimum Gasteiger partial charge on any atom is -0.508 e. The highest BCUT2D eigenvalue weighted by atomic mass is 16.6. The van der Waals surface area contributed by atoms with Gasteiger partial charge in [-0.25, -0.2) is 0 Å². The lowest BCUT2D eigenvalue weighted by molar-refractivity contribution is -0.389. The van der Waals surface area contributed by atoms with Gasteiger partial charge in [0.25, 0.3) is 0 Å². The molecule has 8 nitrogen and oxygen atoms in total. The second-order valence-electron chi connectivity index (χ2n) is 5.87. The number of rotatable bonds is 6. The molecule has 1 amide bonds. The van der Waals surface area contributed by atoms with Gasteiger partial charge in [0.05, 0.1) is 23.9 Å². The molecule has 0 radical (unpaired) electrons. The number of aromatic nitrogens is 2. The minimum atomic E-state index is -0.580. The van der Waals surface area contributed by atoms with E-state index >= 15 is 0 Å². The smallest absolute Gasteiger partial charge is 0.389 e. The van der Waals surface area contributed by atoms with Crippen LogP contribution in [0.1, 0.15) is 37.3 Å². The van der Waals surface area contributed by atoms with E-state index in [1.54, 1.807) is 19.1 Å². The average molecular weight is 332 g/mol. The van der Waals surface area contributed by atoms with E-state index in [4.69, 9.17) is 0 Å². The predicted octanol–water partition coefficient (Wildman–Crippen LogP) is 2.96. The van der Waals surface area contributed by atoms with Crippen LogP contribution in [0.5, 0.6) is 5.75 Å². The van der Waals surface area contributed by atoms with Crippen LogP contribution in [0.25, 0.3) is 0 Å². The highest BCUT2D eigenvalue weighted by Crippen LogP contribution is 2.31. The molecule has 24 heavy (non-hydrogen) atoms. The molecular weight excluding hydrogens is 312 g/mol. The number of hydrogen-bond acceptors (Lipinski definition) is 5. The number of phenolic OH excluding ortho intramolecular Hbond substituents is 1. The fourth-order valence-electron chi connectivity index (χ4n) is 2.31. The summed E-state index contributed by atoms with van der Waals surface area (Å²) in [5.41, 5.74) is 2.17. The second kappa shape index (κ2) is 7.12. The molecule has 0 saturated heterocycles. The van der Waals surface area contributed by atoms with Crippen molar-refractivity contribution < 1.29 is 14.8 Å². The number of amides is 1. The summed E-state index contributed by atoms with van der Waals surface area (Å²) in [6.07, 6.45) is 1.60. The summed E-state index contributed by atoms with van der Waals surface area (Å²) in [6, 6.07) is 4.69. The van der Waals surface area contributed by atoms with E-state index in [0.717, 1.165) is 11.1 Å². The molecule has 128 valence electrons. The molecule has 1 aromatic heterocycles. The first-order valence-electron chi connectivity index (χ1n) is 7.59. The third-order valence-electron chi connectivity index (χ3n) is 3.65. The van der Waals surface area contributed by atoms with Gasteiger partial charge in [-0.2, -0.15) is 4.68 Å². The van der Waals surface area contributed by atoms with Crippen LogP contribution in [0.4, 0.5) is 11.5 Å². The molecular formula is C16H20N4O4. The van der Waals surface area contributed by atoms with Crippen molar-refractivity contribution in [2.45, 2.75) is 39.7 Å². The first-order valence-corrected chi connectivity index (χ1v) is 7.59. The third kappa shape index (κ3) is 4.09. The van der Waals surface area contributed by atoms with Crippen molar-refractivity contribution in [3.05, 3.63) is 45.6 Å². The van der Waals surface area contributed by atoms with Crippen LogP contribution in [0.15, 0.2) is 24.4 Å². The van der Waals surface area contributed by atoms with Crippen molar-refractivity contribution in [2.24, 2.45) is 0 Å². The Kier molecular flexibility index (Phi) is 5.18. The maximum atomic E-state index is 12.1. The van der Waals surface area contributed by atoms with Crippen molar-refractivity contribution in [3.63, 3.8) is 0 Å². The van der Waals surface area contributed by atoms with Crippen molar-refractivity contribution in [1.29, 1.82) is 0 Å². The molecule has 0 aliphatic rings. The Morgan fingerprint density at radius 3 is 2.75 bits per heavy atom. The predicted molar refractivity (Wildman–Crippen MR) is 89.1 cm³/mol. The van der Waals surface area contributed by atoms with Gasteiger partial charge in [0, 0.05) is 12.1 Å². The highest BCUT2D eigenvalue weighted by molar-refractivity contribution is 5.91. The molecule has 1 aromatic carbocycles. The van der Waals surface area contributed by atoms with Crippen molar-refractivity contribution in [3.8, 4) is 5.75 Å². The van der Waals surface area contributed by atoms with Gasteiger partial charge in [0.1, 0.15) is 5.75 Å². The van der Waals surface area contributed by atoms with E-state index < -0.39 is 4.92 Å². The maximum Gasteiger partial charge on any atom is 0.389 e. The quantitative estimate of drug-likeness (QED) is 0.480. The first-order chi connectivity index (χ1) is 11.3. The summed E-state index contributed by atoms with van der Waals surface area (Å²) in [5, 5.41) is 27.1. The summed E-state index contributed by atoms with van der Waals surface area (Å²) in [5.74, 6) is -0.127. The lowest BCUT2D eigenvalue weighted by Gasteiger charge is -2.14. The number of nitrogens with one attached hydrogen (secondary N) is 1. The molecule has 0 bridgehead atoms. The molecule has 0 aliphatic heterocycles. The number of benzene rings is 1. The maximum absolute atomic E-state index is 12.1. The number of aryl methyl sites for hydroxylation is 2. The molecule has 2 N–H and O–H groups in total. The van der Waals surface area contributed by atoms with Crippen LogP contribution in [0.2, 0.25) is 0 Å². The molecule has 0 unspecified atom stereocenters. The number of carbonyl (C=O) groups excluding carboxylic acids is 1. The van der Waals surface area contributed by atoms with Gasteiger partial charge in [0.2, 0.25) is 5.91 Å². The SMILES string of the molecule is Cc1cc(O)c(C(C)C)cc1NC(=O)CCn1ccc([N+](=O)[O-])n1. The van der Waals surface area contributed by atoms with Crippen molar-refractivity contribution in [2.75, 3.05) is 5.32 Å². The number of nitrogens with zero attached hydrogens (tertiary/aromatic N) is 3. The summed E-state index contributed by atoms with van der Waals surface area (Å²) in [7, 11) is 0. The van der Waals surface area contributed by atoms with E-state index in [9.17, 15) is 20.0 Å². The van der Waals surface area contributed by atoms with Gasteiger partial charge in [-0.05, 0) is 41.0 Å². The van der Waals surface area contributed by atoms with E-state index in [0.29, 0.717) is 5.69 Å². The molecule has 0 fully saturated rings. The topological polar surface area (TPSA) is 110 Å². The monoisotopic (exact) mass is 332 g/mol. The number of phenols is 1. The van der Waals surface area contributed by atoms with Crippen molar-refractivity contribution >= 4 is 17.4 Å². The summed E-state index contributed by atoms with van der Waals surface area (Å²) in [6.45, 7) is 5.96. The number of aromatic hydroxyl groups is 1. The lowest BCUT2D eigenvalue weighted by atomic mass is 9.99. The van der Waals surface area contributed by atoms with E-state index in [1.807, 2.05) is 13.8 Å². The van der Waals surface area contributed by atoms with Crippen LogP contribution in [-0.2, 0) is 11.3 Å². The van der Waals surface area contributed by atoms with Gasteiger partial charge < -0.3 is 20.5 Å². The van der Waals surface area contributed by atoms with Crippen LogP contribution < -0.4 is 5.32 Å². The Bertz CT molecular complexity index is 767. The molecule has 2 rings (SSSR count). The molecule has 8 heteroatoms. The Balaban J connectivity index is 2.01. The molecule has 2 aromatic rings. The molecule has 0 atom stereocenters. The zero-order valence-electron chi connectivity index (χ0n) is 13.8. The molecule has 0 aliphatic carbocycles. The van der Waals surface area contributed by atoms with Crippen LogP contribution in [0.3, 0.4) is 0 Å². The van der Waals surface area contributed by atoms with E-state index in [1.165, 1.54) is 16.9 Å². The first kappa shape index (κ1) is 17.5. The van der Waals surface area contributed by atoms with Crippen LogP contribution in [0, 0.1) is 17.0 Å². The van der Waals surface area contributed by atoms with E-state index in [-0.39, 0.29) is 36.4 Å². The fourth-order valence-corrected chi connectivity index (χ4v) is 2.31. The van der Waals surface area contributed by atoms with Crippen LogP contribution >= 0.6 is 0 Å². The molecule has 0 saturated carbocycles. The second-order valence-corrected chi connectivity index (χ2v) is 5.87. The van der Waals surface area contributed by atoms with Gasteiger partial charge in [-0.1, -0.05) is 13.8 Å². The van der Waals surface area contributed by atoms with Gasteiger partial charge in [-0.15, -0.1) is 0 Å². The number of hydrogen-bond donors (Lipinski definition) is 2. The van der Waals surface area contributed by atoms with Crippen molar-refractivity contribution in [1.82, 2.24) is 9.78 Å². The Hall–Kier alpha value is -2.90. The molecule has 1 heterocycles. The number of anilines is 1. The lowest BCUT2D eigenvalue weighted by Crippen LogP contribution is -2.15.